The van der Waals surface area contributed by atoms with Crippen molar-refractivity contribution in [2.24, 2.45) is 0 Å². The molecule has 0 bridgehead atoms. The Hall–Kier alpha value is -1.74. The minimum atomic E-state index is 0.426. The molecule has 0 heterocycles. The van der Waals surface area contributed by atoms with Gasteiger partial charge in [-0.3, -0.25) is 0 Å². The van der Waals surface area contributed by atoms with Gasteiger partial charge < -0.3 is 10.5 Å². The maximum atomic E-state index is 8.76. The Morgan fingerprint density at radius 2 is 1.71 bits per heavy atom. The van der Waals surface area contributed by atoms with E-state index in [9.17, 15) is 0 Å². The smallest absolute Gasteiger partial charge is 0.129 e. The van der Waals surface area contributed by atoms with Gasteiger partial charge in [0.25, 0.3) is 0 Å². The largest absolute Gasteiger partial charge is 0.457 e. The number of benzene rings is 2. The lowest BCUT2D eigenvalue weighted by atomic mass is 10.2. The van der Waals surface area contributed by atoms with Crippen molar-refractivity contribution in [3.63, 3.8) is 0 Å². The van der Waals surface area contributed by atoms with E-state index in [2.05, 4.69) is 22.6 Å². The van der Waals surface area contributed by atoms with Gasteiger partial charge in [-0.25, -0.2) is 0 Å². The van der Waals surface area contributed by atoms with Gasteiger partial charge in [-0.15, -0.1) is 0 Å². The van der Waals surface area contributed by atoms with Crippen molar-refractivity contribution in [1.29, 1.82) is 5.26 Å². The van der Waals surface area contributed by atoms with Crippen LogP contribution < -0.4 is 10.5 Å². The Bertz CT molecular complexity index is 573. The summed E-state index contributed by atoms with van der Waals surface area (Å²) in [5, 5.41) is 8.76. The van der Waals surface area contributed by atoms with Gasteiger partial charge in [-0.1, -0.05) is 0 Å². The highest BCUT2D eigenvalue weighted by Crippen LogP contribution is 2.25. The van der Waals surface area contributed by atoms with Crippen LogP contribution in [0.5, 0.6) is 11.5 Å². The molecule has 0 saturated carbocycles. The molecule has 0 aromatic heterocycles. The van der Waals surface area contributed by atoms with Crippen LogP contribution in [-0.2, 0) is 0 Å². The molecule has 2 rings (SSSR count). The molecule has 2 N–H and O–H groups in total. The predicted molar refractivity (Wildman–Crippen MR) is 74.8 cm³/mol. The summed E-state index contributed by atoms with van der Waals surface area (Å²) in [6, 6.07) is 14.7. The molecule has 0 spiro atoms. The first-order chi connectivity index (χ1) is 8.19. The lowest BCUT2D eigenvalue weighted by molar-refractivity contribution is 0.483. The standard InChI is InChI=1S/C13H9IN2O/c14-10-2-5-11(6-3-10)17-12-4-1-9(8-15)13(16)7-12/h1-7H,16H2. The van der Waals surface area contributed by atoms with Gasteiger partial charge >= 0.3 is 0 Å². The average molecular weight is 336 g/mol. The van der Waals surface area contributed by atoms with Gasteiger partial charge in [-0.2, -0.15) is 5.26 Å². The van der Waals surface area contributed by atoms with Crippen molar-refractivity contribution < 1.29 is 4.74 Å². The number of hydrogen-bond donors (Lipinski definition) is 1. The Labute approximate surface area is 113 Å². The number of hydrogen-bond acceptors (Lipinski definition) is 3. The summed E-state index contributed by atoms with van der Waals surface area (Å²) in [4.78, 5) is 0. The molecule has 17 heavy (non-hydrogen) atoms. The van der Waals surface area contributed by atoms with Crippen LogP contribution in [0.4, 0.5) is 5.69 Å². The normalized spacial score (nSPS) is 9.65. The Morgan fingerprint density at radius 3 is 2.29 bits per heavy atom. The van der Waals surface area contributed by atoms with Crippen molar-refractivity contribution in [1.82, 2.24) is 0 Å². The lowest BCUT2D eigenvalue weighted by Gasteiger charge is -2.07. The van der Waals surface area contributed by atoms with E-state index in [0.29, 0.717) is 17.0 Å². The molecule has 0 unspecified atom stereocenters. The van der Waals surface area contributed by atoms with E-state index in [0.717, 1.165) is 9.32 Å². The molecule has 0 atom stereocenters. The summed E-state index contributed by atoms with van der Waals surface area (Å²) in [6.07, 6.45) is 0. The van der Waals surface area contributed by atoms with Crippen molar-refractivity contribution in [2.45, 2.75) is 0 Å². The zero-order chi connectivity index (χ0) is 12.3. The van der Waals surface area contributed by atoms with Crippen molar-refractivity contribution >= 4 is 28.3 Å². The zero-order valence-electron chi connectivity index (χ0n) is 8.85. The highest BCUT2D eigenvalue weighted by atomic mass is 127. The molecule has 2 aromatic carbocycles. The molecule has 0 aliphatic heterocycles. The first-order valence-electron chi connectivity index (χ1n) is 4.92. The summed E-state index contributed by atoms with van der Waals surface area (Å²) < 4.78 is 6.77. The molecule has 0 aliphatic rings. The second-order valence-corrected chi connectivity index (χ2v) is 4.66. The van der Waals surface area contributed by atoms with Crippen molar-refractivity contribution in [3.05, 3.63) is 51.6 Å². The SMILES string of the molecule is N#Cc1ccc(Oc2ccc(I)cc2)cc1N. The fourth-order valence-electron chi connectivity index (χ4n) is 1.34. The molecule has 0 amide bonds. The summed E-state index contributed by atoms with van der Waals surface area (Å²) >= 11 is 2.23. The topological polar surface area (TPSA) is 59.0 Å². The number of halogens is 1. The fraction of sp³-hybridized carbons (Fsp3) is 0. The number of nitriles is 1. The maximum Gasteiger partial charge on any atom is 0.129 e. The highest BCUT2D eigenvalue weighted by Gasteiger charge is 2.02. The molecule has 3 nitrogen and oxygen atoms in total. The third-order valence-corrected chi connectivity index (χ3v) is 2.91. The Morgan fingerprint density at radius 1 is 1.06 bits per heavy atom. The number of nitrogens with two attached hydrogens (primary N) is 1. The van der Waals surface area contributed by atoms with Gasteiger partial charge in [0.2, 0.25) is 0 Å². The summed E-state index contributed by atoms with van der Waals surface area (Å²) in [7, 11) is 0. The van der Waals surface area contributed by atoms with E-state index >= 15 is 0 Å². The minimum absolute atomic E-state index is 0.426. The first-order valence-corrected chi connectivity index (χ1v) is 6.00. The highest BCUT2D eigenvalue weighted by molar-refractivity contribution is 14.1. The van der Waals surface area contributed by atoms with E-state index in [1.165, 1.54) is 0 Å². The average Bonchev–Trinajstić information content (AvgIpc) is 2.32. The Balaban J connectivity index is 2.22. The fourth-order valence-corrected chi connectivity index (χ4v) is 1.70. The molecular formula is C13H9IN2O. The van der Waals surface area contributed by atoms with Crippen LogP contribution >= 0.6 is 22.6 Å². The summed E-state index contributed by atoms with van der Waals surface area (Å²) in [5.41, 5.74) is 6.59. The van der Waals surface area contributed by atoms with E-state index in [1.807, 2.05) is 30.3 Å². The first kappa shape index (κ1) is 11.7. The van der Waals surface area contributed by atoms with E-state index in [-0.39, 0.29) is 0 Å². The van der Waals surface area contributed by atoms with Crippen LogP contribution in [0.1, 0.15) is 5.56 Å². The zero-order valence-corrected chi connectivity index (χ0v) is 11.0. The number of anilines is 1. The maximum absolute atomic E-state index is 8.76. The van der Waals surface area contributed by atoms with Crippen LogP contribution in [0.3, 0.4) is 0 Å². The van der Waals surface area contributed by atoms with Gasteiger partial charge in [0, 0.05) is 9.64 Å². The molecule has 4 heteroatoms. The predicted octanol–water partition coefficient (Wildman–Crippen LogP) is 3.54. The third kappa shape index (κ3) is 2.88. The van der Waals surface area contributed by atoms with Gasteiger partial charge in [-0.05, 0) is 59.0 Å². The van der Waals surface area contributed by atoms with Gasteiger partial charge in [0.15, 0.2) is 0 Å². The molecule has 0 aliphatic carbocycles. The number of nitrogen functional groups attached to an aromatic ring is 1. The second-order valence-electron chi connectivity index (χ2n) is 3.42. The van der Waals surface area contributed by atoms with Crippen LogP contribution in [-0.4, -0.2) is 0 Å². The van der Waals surface area contributed by atoms with Gasteiger partial charge in [0.05, 0.1) is 11.3 Å². The number of ether oxygens (including phenoxy) is 1. The van der Waals surface area contributed by atoms with Crippen molar-refractivity contribution in [3.8, 4) is 17.6 Å². The van der Waals surface area contributed by atoms with Crippen LogP contribution in [0.15, 0.2) is 42.5 Å². The summed E-state index contributed by atoms with van der Waals surface area (Å²) in [6.45, 7) is 0. The van der Waals surface area contributed by atoms with E-state index in [4.69, 9.17) is 15.7 Å². The lowest BCUT2D eigenvalue weighted by Crippen LogP contribution is -1.91. The molecule has 0 saturated heterocycles. The molecule has 84 valence electrons. The third-order valence-electron chi connectivity index (χ3n) is 2.19. The number of nitrogens with zero attached hydrogens (tertiary/aromatic N) is 1. The number of rotatable bonds is 2. The van der Waals surface area contributed by atoms with Crippen LogP contribution in [0.2, 0.25) is 0 Å². The van der Waals surface area contributed by atoms with E-state index < -0.39 is 0 Å². The van der Waals surface area contributed by atoms with E-state index in [1.54, 1.807) is 18.2 Å². The Kier molecular flexibility index (Phi) is 3.49. The van der Waals surface area contributed by atoms with Crippen LogP contribution in [0, 0.1) is 14.9 Å². The second kappa shape index (κ2) is 5.06. The van der Waals surface area contributed by atoms with Crippen LogP contribution in [0.25, 0.3) is 0 Å². The van der Waals surface area contributed by atoms with Gasteiger partial charge in [0.1, 0.15) is 17.6 Å². The monoisotopic (exact) mass is 336 g/mol. The molecular weight excluding hydrogens is 327 g/mol. The summed E-state index contributed by atoms with van der Waals surface area (Å²) in [5.74, 6) is 1.37. The molecule has 0 radical (unpaired) electrons. The molecule has 2 aromatic rings. The van der Waals surface area contributed by atoms with Crippen molar-refractivity contribution in [2.75, 3.05) is 5.73 Å². The molecule has 0 fully saturated rings. The quantitative estimate of drug-likeness (QED) is 0.674. The minimum Gasteiger partial charge on any atom is -0.457 e.